The SMILES string of the molecule is c1ccc(-n2c3ccccc3c3ccc(-c4ccc5c(c4)c4ccccc4n5-c4ccc(-c5cccc6ccccc56)c5oc6ccccc6c45)cc32)cc1. The predicted molar refractivity (Wildman–Crippen MR) is 231 cm³/mol. The third kappa shape index (κ3) is 4.38. The first-order valence-electron chi connectivity index (χ1n) is 18.9. The molecule has 0 radical (unpaired) electrons. The van der Waals surface area contributed by atoms with E-state index in [1.807, 2.05) is 0 Å². The Kier molecular flexibility index (Phi) is 6.34. The summed E-state index contributed by atoms with van der Waals surface area (Å²) in [5.41, 5.74) is 13.4. The van der Waals surface area contributed by atoms with Crippen LogP contribution in [0, 0.1) is 0 Å². The molecule has 0 spiro atoms. The van der Waals surface area contributed by atoms with Crippen LogP contribution in [0.3, 0.4) is 0 Å². The topological polar surface area (TPSA) is 23.0 Å². The Bertz CT molecular complexity index is 3480. The number of rotatable bonds is 4. The highest BCUT2D eigenvalue weighted by molar-refractivity contribution is 6.18. The summed E-state index contributed by atoms with van der Waals surface area (Å²) in [6, 6.07) is 70.2. The fraction of sp³-hybridized carbons (Fsp3) is 0. The Morgan fingerprint density at radius 2 is 0.964 bits per heavy atom. The van der Waals surface area contributed by atoms with Gasteiger partial charge in [0, 0.05) is 38.2 Å². The summed E-state index contributed by atoms with van der Waals surface area (Å²) < 4.78 is 11.6. The molecule has 3 aromatic heterocycles. The van der Waals surface area contributed by atoms with Crippen molar-refractivity contribution >= 4 is 76.3 Å². The molecule has 12 rings (SSSR count). The van der Waals surface area contributed by atoms with Crippen LogP contribution in [0.4, 0.5) is 0 Å². The summed E-state index contributed by atoms with van der Waals surface area (Å²) in [5.74, 6) is 0. The maximum Gasteiger partial charge on any atom is 0.145 e. The van der Waals surface area contributed by atoms with Gasteiger partial charge in [-0.1, -0.05) is 133 Å². The monoisotopic (exact) mass is 700 g/mol. The fourth-order valence-electron chi connectivity index (χ4n) is 9.09. The molecule has 3 nitrogen and oxygen atoms in total. The number of benzene rings is 9. The van der Waals surface area contributed by atoms with E-state index in [0.717, 1.165) is 44.4 Å². The summed E-state index contributed by atoms with van der Waals surface area (Å²) in [6.45, 7) is 0. The summed E-state index contributed by atoms with van der Waals surface area (Å²) in [6.07, 6.45) is 0. The molecule has 0 aliphatic heterocycles. The van der Waals surface area contributed by atoms with Gasteiger partial charge in [0.25, 0.3) is 0 Å². The highest BCUT2D eigenvalue weighted by Crippen LogP contribution is 2.44. The van der Waals surface area contributed by atoms with Gasteiger partial charge in [0.2, 0.25) is 0 Å². The van der Waals surface area contributed by atoms with Crippen LogP contribution >= 0.6 is 0 Å². The number of aromatic nitrogens is 2. The second-order valence-corrected chi connectivity index (χ2v) is 14.5. The van der Waals surface area contributed by atoms with Crippen LogP contribution < -0.4 is 0 Å². The molecule has 3 heterocycles. The van der Waals surface area contributed by atoms with E-state index in [4.69, 9.17) is 4.42 Å². The number of furan rings is 1. The van der Waals surface area contributed by atoms with Gasteiger partial charge in [-0.25, -0.2) is 0 Å². The van der Waals surface area contributed by atoms with E-state index in [1.165, 1.54) is 65.6 Å². The molecule has 0 bridgehead atoms. The Balaban J connectivity index is 1.10. The van der Waals surface area contributed by atoms with Crippen LogP contribution in [0.5, 0.6) is 0 Å². The lowest BCUT2D eigenvalue weighted by Gasteiger charge is -2.13. The Morgan fingerprint density at radius 1 is 0.345 bits per heavy atom. The van der Waals surface area contributed by atoms with E-state index < -0.39 is 0 Å². The zero-order valence-corrected chi connectivity index (χ0v) is 29.8. The van der Waals surface area contributed by atoms with E-state index in [-0.39, 0.29) is 0 Å². The molecule has 0 aliphatic carbocycles. The molecule has 0 amide bonds. The van der Waals surface area contributed by atoms with Gasteiger partial charge in [-0.15, -0.1) is 0 Å². The molecule has 0 saturated carbocycles. The van der Waals surface area contributed by atoms with Gasteiger partial charge >= 0.3 is 0 Å². The van der Waals surface area contributed by atoms with Gasteiger partial charge in [-0.3, -0.25) is 0 Å². The molecule has 0 saturated heterocycles. The van der Waals surface area contributed by atoms with Crippen LogP contribution in [-0.2, 0) is 0 Å². The van der Waals surface area contributed by atoms with Crippen molar-refractivity contribution < 1.29 is 4.42 Å². The largest absolute Gasteiger partial charge is 0.455 e. The van der Waals surface area contributed by atoms with E-state index in [0.29, 0.717) is 0 Å². The van der Waals surface area contributed by atoms with Crippen LogP contribution in [0.15, 0.2) is 199 Å². The maximum atomic E-state index is 6.81. The molecule has 0 unspecified atom stereocenters. The van der Waals surface area contributed by atoms with Crippen molar-refractivity contribution in [2.24, 2.45) is 0 Å². The van der Waals surface area contributed by atoms with Gasteiger partial charge in [0.05, 0.1) is 33.1 Å². The molecule has 9 aromatic carbocycles. The van der Waals surface area contributed by atoms with E-state index in [9.17, 15) is 0 Å². The molecule has 0 atom stereocenters. The minimum atomic E-state index is 0.887. The average molecular weight is 701 g/mol. The molecule has 3 heteroatoms. The first-order valence-corrected chi connectivity index (χ1v) is 18.9. The van der Waals surface area contributed by atoms with Crippen molar-refractivity contribution in [1.82, 2.24) is 9.13 Å². The lowest BCUT2D eigenvalue weighted by Crippen LogP contribution is -1.96. The lowest BCUT2D eigenvalue weighted by molar-refractivity contribution is 0.670. The molecular formula is C52H32N2O. The van der Waals surface area contributed by atoms with E-state index in [1.54, 1.807) is 0 Å². The van der Waals surface area contributed by atoms with Crippen molar-refractivity contribution in [2.45, 2.75) is 0 Å². The summed E-state index contributed by atoms with van der Waals surface area (Å²) >= 11 is 0. The zero-order valence-electron chi connectivity index (χ0n) is 29.8. The molecule has 0 fully saturated rings. The minimum Gasteiger partial charge on any atom is -0.455 e. The first-order chi connectivity index (χ1) is 27.3. The third-order valence-corrected chi connectivity index (χ3v) is 11.5. The van der Waals surface area contributed by atoms with Crippen molar-refractivity contribution in [3.63, 3.8) is 0 Å². The number of hydrogen-bond donors (Lipinski definition) is 0. The van der Waals surface area contributed by atoms with Gasteiger partial charge in [0.15, 0.2) is 0 Å². The van der Waals surface area contributed by atoms with Crippen LogP contribution in [0.1, 0.15) is 0 Å². The minimum absolute atomic E-state index is 0.887. The Morgan fingerprint density at radius 3 is 1.82 bits per heavy atom. The summed E-state index contributed by atoms with van der Waals surface area (Å²) in [7, 11) is 0. The summed E-state index contributed by atoms with van der Waals surface area (Å²) in [5, 5.41) is 9.61. The molecule has 12 aromatic rings. The second kappa shape index (κ2) is 11.6. The average Bonchev–Trinajstić information content (AvgIpc) is 3.91. The number of nitrogens with zero attached hydrogens (tertiary/aromatic N) is 2. The molecule has 0 aliphatic rings. The number of fused-ring (bicyclic) bond motifs is 10. The highest BCUT2D eigenvalue weighted by atomic mass is 16.3. The standard InChI is InChI=1S/C52H32N2O/c1-2-15-36(16-3-1)53-45-22-9-6-18-39(45)41-27-25-35(32-49(41)53)34-26-29-47-44(31-34)40-19-7-10-23-46(40)54(47)48-30-28-42(38-21-12-14-33-13-4-5-17-37(33)38)52-51(48)43-20-8-11-24-50(43)55-52/h1-32H. The van der Waals surface area contributed by atoms with E-state index in [2.05, 4.69) is 203 Å². The van der Waals surface area contributed by atoms with Crippen molar-refractivity contribution in [3.05, 3.63) is 194 Å². The van der Waals surface area contributed by atoms with Crippen molar-refractivity contribution in [1.29, 1.82) is 0 Å². The molecular weight excluding hydrogens is 669 g/mol. The first kappa shape index (κ1) is 30.1. The van der Waals surface area contributed by atoms with Crippen molar-refractivity contribution in [2.75, 3.05) is 0 Å². The van der Waals surface area contributed by atoms with Gasteiger partial charge in [0.1, 0.15) is 11.2 Å². The fourth-order valence-corrected chi connectivity index (χ4v) is 9.09. The van der Waals surface area contributed by atoms with Crippen molar-refractivity contribution in [3.8, 4) is 33.6 Å². The Labute approximate surface area is 316 Å². The van der Waals surface area contributed by atoms with Crippen LogP contribution in [-0.4, -0.2) is 9.13 Å². The quantitative estimate of drug-likeness (QED) is 0.179. The number of para-hydroxylation sites is 4. The van der Waals surface area contributed by atoms with Crippen LogP contribution in [0.25, 0.3) is 110 Å². The maximum absolute atomic E-state index is 6.81. The molecule has 55 heavy (non-hydrogen) atoms. The second-order valence-electron chi connectivity index (χ2n) is 14.5. The van der Waals surface area contributed by atoms with Gasteiger partial charge in [-0.2, -0.15) is 0 Å². The third-order valence-electron chi connectivity index (χ3n) is 11.5. The lowest BCUT2D eigenvalue weighted by atomic mass is 9.96. The number of hydrogen-bond acceptors (Lipinski definition) is 1. The predicted octanol–water partition coefficient (Wildman–Crippen LogP) is 14.3. The zero-order chi connectivity index (χ0) is 36.0. The van der Waals surface area contributed by atoms with E-state index >= 15 is 0 Å². The molecule has 256 valence electrons. The van der Waals surface area contributed by atoms with Gasteiger partial charge in [-0.05, 0) is 88.1 Å². The van der Waals surface area contributed by atoms with Gasteiger partial charge < -0.3 is 13.6 Å². The highest BCUT2D eigenvalue weighted by Gasteiger charge is 2.22. The molecule has 0 N–H and O–H groups in total. The normalized spacial score (nSPS) is 12.0. The summed E-state index contributed by atoms with van der Waals surface area (Å²) in [4.78, 5) is 0. The smallest absolute Gasteiger partial charge is 0.145 e. The van der Waals surface area contributed by atoms with Crippen LogP contribution in [0.2, 0.25) is 0 Å². The Hall–Kier alpha value is -7.36.